The van der Waals surface area contributed by atoms with Crippen molar-refractivity contribution in [3.8, 4) is 0 Å². The van der Waals surface area contributed by atoms with Gasteiger partial charge >= 0.3 is 0 Å². The highest BCUT2D eigenvalue weighted by Crippen LogP contribution is 2.30. The first-order valence-electron chi connectivity index (χ1n) is 7.62. The molecule has 21 heavy (non-hydrogen) atoms. The number of nitrogens with zero attached hydrogens (tertiary/aromatic N) is 2. The van der Waals surface area contributed by atoms with Crippen molar-refractivity contribution in [1.29, 1.82) is 0 Å². The third-order valence-corrected chi connectivity index (χ3v) is 4.34. The van der Waals surface area contributed by atoms with Crippen LogP contribution in [-0.4, -0.2) is 49.3 Å². The lowest BCUT2D eigenvalue weighted by Crippen LogP contribution is -2.47. The maximum atomic E-state index is 9.03. The average Bonchev–Trinajstić information content (AvgIpc) is 2.55. The van der Waals surface area contributed by atoms with Crippen molar-refractivity contribution in [3.05, 3.63) is 42.0 Å². The number of fused-ring (bicyclic) bond motifs is 1. The Labute approximate surface area is 125 Å². The van der Waals surface area contributed by atoms with Gasteiger partial charge in [0.1, 0.15) is 0 Å². The molecule has 2 aromatic rings. The van der Waals surface area contributed by atoms with Crippen LogP contribution in [0.5, 0.6) is 0 Å². The lowest BCUT2D eigenvalue weighted by Gasteiger charge is -2.36. The molecule has 0 amide bonds. The van der Waals surface area contributed by atoms with Gasteiger partial charge in [-0.2, -0.15) is 0 Å². The van der Waals surface area contributed by atoms with E-state index in [2.05, 4.69) is 46.2 Å². The first kappa shape index (κ1) is 14.3. The van der Waals surface area contributed by atoms with Gasteiger partial charge in [-0.05, 0) is 17.0 Å². The Morgan fingerprint density at radius 3 is 2.33 bits per heavy atom. The van der Waals surface area contributed by atoms with Gasteiger partial charge in [0.2, 0.25) is 0 Å². The van der Waals surface area contributed by atoms with Crippen LogP contribution < -0.4 is 10.6 Å². The van der Waals surface area contributed by atoms with Crippen molar-refractivity contribution >= 4 is 16.5 Å². The zero-order chi connectivity index (χ0) is 14.7. The maximum Gasteiger partial charge on any atom is 0.0558 e. The molecule has 4 nitrogen and oxygen atoms in total. The number of aliphatic hydroxyl groups excluding tert-OH is 1. The Balaban J connectivity index is 1.88. The van der Waals surface area contributed by atoms with Gasteiger partial charge in [-0.3, -0.25) is 4.90 Å². The predicted octanol–water partition coefficient (Wildman–Crippen LogP) is 1.41. The summed E-state index contributed by atoms with van der Waals surface area (Å²) in [5, 5.41) is 11.6. The fourth-order valence-corrected chi connectivity index (χ4v) is 3.15. The summed E-state index contributed by atoms with van der Waals surface area (Å²) in [5.74, 6) is 0. The molecule has 2 aromatic carbocycles. The summed E-state index contributed by atoms with van der Waals surface area (Å²) in [6.45, 7) is 5.62. The lowest BCUT2D eigenvalue weighted by atomic mass is 10.0. The van der Waals surface area contributed by atoms with Gasteiger partial charge in [0.05, 0.1) is 6.61 Å². The second-order valence-corrected chi connectivity index (χ2v) is 5.55. The molecule has 4 heteroatoms. The third kappa shape index (κ3) is 2.88. The minimum Gasteiger partial charge on any atom is -0.395 e. The normalized spacial score (nSPS) is 16.6. The smallest absolute Gasteiger partial charge is 0.0558 e. The van der Waals surface area contributed by atoms with Crippen LogP contribution in [0, 0.1) is 0 Å². The molecule has 0 unspecified atom stereocenters. The molecule has 1 aliphatic rings. The number of aliphatic hydroxyl groups is 1. The largest absolute Gasteiger partial charge is 0.395 e. The molecule has 1 aliphatic heterocycles. The summed E-state index contributed by atoms with van der Waals surface area (Å²) in [7, 11) is 0. The predicted molar refractivity (Wildman–Crippen MR) is 87.6 cm³/mol. The summed E-state index contributed by atoms with van der Waals surface area (Å²) < 4.78 is 0. The van der Waals surface area contributed by atoms with Crippen molar-refractivity contribution in [2.75, 3.05) is 44.2 Å². The van der Waals surface area contributed by atoms with Crippen LogP contribution in [0.1, 0.15) is 5.56 Å². The first-order valence-corrected chi connectivity index (χ1v) is 7.62. The first-order chi connectivity index (χ1) is 10.3. The fraction of sp³-hybridized carbons (Fsp3) is 0.412. The van der Waals surface area contributed by atoms with Crippen LogP contribution in [-0.2, 0) is 6.54 Å². The van der Waals surface area contributed by atoms with E-state index in [0.717, 1.165) is 32.7 Å². The van der Waals surface area contributed by atoms with E-state index in [1.165, 1.54) is 22.0 Å². The van der Waals surface area contributed by atoms with Crippen molar-refractivity contribution in [2.24, 2.45) is 5.73 Å². The van der Waals surface area contributed by atoms with Crippen LogP contribution in [0.15, 0.2) is 36.4 Å². The van der Waals surface area contributed by atoms with Crippen molar-refractivity contribution < 1.29 is 5.11 Å². The number of nitrogens with two attached hydrogens (primary N) is 1. The van der Waals surface area contributed by atoms with Gasteiger partial charge < -0.3 is 15.7 Å². The second kappa shape index (κ2) is 6.43. The summed E-state index contributed by atoms with van der Waals surface area (Å²) in [6.07, 6.45) is 0. The molecule has 0 bridgehead atoms. The van der Waals surface area contributed by atoms with Gasteiger partial charge in [0.15, 0.2) is 0 Å². The van der Waals surface area contributed by atoms with Gasteiger partial charge in [-0.25, -0.2) is 0 Å². The van der Waals surface area contributed by atoms with Crippen LogP contribution in [0.3, 0.4) is 0 Å². The van der Waals surface area contributed by atoms with E-state index in [-0.39, 0.29) is 6.61 Å². The standard InChI is InChI=1S/C17H23N3O/c18-13-14-5-6-17(16-4-2-1-3-15(14)16)20-9-7-19(8-10-20)11-12-21/h1-6,21H,7-13,18H2. The number of anilines is 1. The Morgan fingerprint density at radius 1 is 0.952 bits per heavy atom. The lowest BCUT2D eigenvalue weighted by molar-refractivity contribution is 0.189. The second-order valence-electron chi connectivity index (χ2n) is 5.55. The van der Waals surface area contributed by atoms with Crippen molar-refractivity contribution in [1.82, 2.24) is 4.90 Å². The number of hydrogen-bond acceptors (Lipinski definition) is 4. The van der Waals surface area contributed by atoms with E-state index in [0.29, 0.717) is 6.54 Å². The quantitative estimate of drug-likeness (QED) is 0.892. The van der Waals surface area contributed by atoms with Gasteiger partial charge in [-0.15, -0.1) is 0 Å². The van der Waals surface area contributed by atoms with E-state index in [4.69, 9.17) is 10.8 Å². The Bertz CT molecular complexity index is 606. The zero-order valence-electron chi connectivity index (χ0n) is 12.3. The monoisotopic (exact) mass is 285 g/mol. The minimum atomic E-state index is 0.244. The van der Waals surface area contributed by atoms with Crippen LogP contribution in [0.25, 0.3) is 10.8 Å². The molecule has 3 rings (SSSR count). The van der Waals surface area contributed by atoms with E-state index < -0.39 is 0 Å². The number of piperazine rings is 1. The highest BCUT2D eigenvalue weighted by atomic mass is 16.3. The Hall–Kier alpha value is -1.62. The van der Waals surface area contributed by atoms with E-state index in [1.807, 2.05) is 0 Å². The number of β-amino-alcohol motifs (C(OH)–C–C–N with tert-alkyl or cyclic N) is 1. The topological polar surface area (TPSA) is 52.7 Å². The molecule has 0 spiro atoms. The molecule has 1 heterocycles. The molecule has 0 aromatic heterocycles. The molecule has 0 aliphatic carbocycles. The molecular formula is C17H23N3O. The molecule has 0 atom stereocenters. The fourth-order valence-electron chi connectivity index (χ4n) is 3.15. The molecule has 1 saturated heterocycles. The zero-order valence-corrected chi connectivity index (χ0v) is 12.3. The minimum absolute atomic E-state index is 0.244. The molecule has 3 N–H and O–H groups in total. The summed E-state index contributed by atoms with van der Waals surface area (Å²) in [5.41, 5.74) is 8.35. The molecular weight excluding hydrogens is 262 g/mol. The highest BCUT2D eigenvalue weighted by molar-refractivity contribution is 5.96. The summed E-state index contributed by atoms with van der Waals surface area (Å²) in [6, 6.07) is 12.9. The van der Waals surface area contributed by atoms with Crippen LogP contribution in [0.2, 0.25) is 0 Å². The Morgan fingerprint density at radius 2 is 1.67 bits per heavy atom. The molecule has 0 saturated carbocycles. The van der Waals surface area contributed by atoms with Gasteiger partial charge in [0.25, 0.3) is 0 Å². The highest BCUT2D eigenvalue weighted by Gasteiger charge is 2.18. The summed E-state index contributed by atoms with van der Waals surface area (Å²) in [4.78, 5) is 4.75. The van der Waals surface area contributed by atoms with Crippen molar-refractivity contribution in [2.45, 2.75) is 6.54 Å². The molecule has 112 valence electrons. The number of benzene rings is 2. The molecule has 0 radical (unpaired) electrons. The maximum absolute atomic E-state index is 9.03. The summed E-state index contributed by atoms with van der Waals surface area (Å²) >= 11 is 0. The van der Waals surface area contributed by atoms with Crippen LogP contribution in [0.4, 0.5) is 5.69 Å². The van der Waals surface area contributed by atoms with Crippen molar-refractivity contribution in [3.63, 3.8) is 0 Å². The number of rotatable bonds is 4. The molecule has 1 fully saturated rings. The van der Waals surface area contributed by atoms with Crippen LogP contribution >= 0.6 is 0 Å². The third-order valence-electron chi connectivity index (χ3n) is 4.34. The van der Waals surface area contributed by atoms with Gasteiger partial charge in [0, 0.05) is 50.3 Å². The van der Waals surface area contributed by atoms with E-state index >= 15 is 0 Å². The van der Waals surface area contributed by atoms with E-state index in [9.17, 15) is 0 Å². The Kier molecular flexibility index (Phi) is 4.39. The number of hydrogen-bond donors (Lipinski definition) is 2. The average molecular weight is 285 g/mol. The van der Waals surface area contributed by atoms with E-state index in [1.54, 1.807) is 0 Å². The SMILES string of the molecule is NCc1ccc(N2CCN(CCO)CC2)c2ccccc12. The van der Waals surface area contributed by atoms with Gasteiger partial charge in [-0.1, -0.05) is 30.3 Å².